The van der Waals surface area contributed by atoms with E-state index in [9.17, 15) is 14.2 Å². The predicted molar refractivity (Wildman–Crippen MR) is 60.9 cm³/mol. The number of carbonyl (C=O) groups is 2. The van der Waals surface area contributed by atoms with Crippen molar-refractivity contribution in [1.29, 1.82) is 0 Å². The molecule has 0 aromatic heterocycles. The van der Waals surface area contributed by atoms with Gasteiger partial charge in [0.15, 0.2) is 0 Å². The summed E-state index contributed by atoms with van der Waals surface area (Å²) in [5.74, 6) is 1.36. The van der Waals surface area contributed by atoms with Crippen LogP contribution in [0.15, 0.2) is 0 Å². The van der Waals surface area contributed by atoms with Crippen LogP contribution in [-0.4, -0.2) is 31.2 Å². The van der Waals surface area contributed by atoms with Crippen molar-refractivity contribution in [2.45, 2.75) is 32.7 Å². The van der Waals surface area contributed by atoms with Crippen LogP contribution in [0.4, 0.5) is 0 Å². The molecular formula is C10H16NO5P. The second-order valence-electron chi connectivity index (χ2n) is 3.00. The van der Waals surface area contributed by atoms with Crippen LogP contribution in [-0.2, 0) is 23.6 Å². The number of carbonyl (C=O) groups excluding carboxylic acids is 2. The molecule has 7 heteroatoms. The summed E-state index contributed by atoms with van der Waals surface area (Å²) in [5.41, 5.74) is 0. The third-order valence-electron chi connectivity index (χ3n) is 1.80. The van der Waals surface area contributed by atoms with E-state index >= 15 is 0 Å². The Labute approximate surface area is 101 Å². The van der Waals surface area contributed by atoms with Gasteiger partial charge in [-0.2, -0.15) is 0 Å². The third kappa shape index (κ3) is 7.75. The van der Waals surface area contributed by atoms with Crippen LogP contribution >= 0.6 is 7.92 Å². The molecular weight excluding hydrogens is 245 g/mol. The summed E-state index contributed by atoms with van der Waals surface area (Å²) in [6.45, 7) is 3.93. The standard InChI is InChI=1S/C10H16NO5P/c1-3-15-9(12)6-5-8(11-7-17-14)10(13)16-4-2/h8,11H,3-6H2,1-2H3/t8-/m0/s1. The summed E-state index contributed by atoms with van der Waals surface area (Å²) in [7, 11) is -0.358. The third-order valence-corrected chi connectivity index (χ3v) is 2.02. The van der Waals surface area contributed by atoms with Gasteiger partial charge in [0.05, 0.1) is 0 Å². The monoisotopic (exact) mass is 261 g/mol. The first kappa shape index (κ1) is 15.9. The van der Waals surface area contributed by atoms with Gasteiger partial charge in [0.2, 0.25) is 0 Å². The molecule has 0 unspecified atom stereocenters. The summed E-state index contributed by atoms with van der Waals surface area (Å²) >= 11 is 0. The summed E-state index contributed by atoms with van der Waals surface area (Å²) in [5, 5.41) is 2.49. The Morgan fingerprint density at radius 2 is 1.94 bits per heavy atom. The molecule has 96 valence electrons. The van der Waals surface area contributed by atoms with E-state index in [4.69, 9.17) is 9.47 Å². The van der Waals surface area contributed by atoms with Crippen LogP contribution in [0.25, 0.3) is 0 Å². The molecule has 0 heterocycles. The van der Waals surface area contributed by atoms with E-state index in [-0.39, 0.29) is 33.3 Å². The maximum atomic E-state index is 11.4. The molecule has 6 nitrogen and oxygen atoms in total. The zero-order chi connectivity index (χ0) is 13.1. The van der Waals surface area contributed by atoms with Crippen LogP contribution in [0.2, 0.25) is 0 Å². The maximum absolute atomic E-state index is 11.4. The molecule has 0 aliphatic carbocycles. The van der Waals surface area contributed by atoms with Crippen molar-refractivity contribution in [2.75, 3.05) is 13.2 Å². The predicted octanol–water partition coefficient (Wildman–Crippen LogP) is 1.06. The Balaban J connectivity index is 4.26. The van der Waals surface area contributed by atoms with Gasteiger partial charge in [-0.15, -0.1) is 0 Å². The first-order chi connectivity index (χ1) is 8.15. The molecule has 0 amide bonds. The van der Waals surface area contributed by atoms with Gasteiger partial charge in [0.25, 0.3) is 0 Å². The van der Waals surface area contributed by atoms with Crippen LogP contribution in [0.1, 0.15) is 26.7 Å². The molecule has 0 radical (unpaired) electrons. The Bertz CT molecular complexity index is 351. The van der Waals surface area contributed by atoms with E-state index in [1.54, 1.807) is 13.8 Å². The van der Waals surface area contributed by atoms with Crippen molar-refractivity contribution in [1.82, 2.24) is 5.32 Å². The second-order valence-corrected chi connectivity index (χ2v) is 3.40. The fourth-order valence-corrected chi connectivity index (χ4v) is 1.30. The van der Waals surface area contributed by atoms with Gasteiger partial charge in [-0.3, -0.25) is 0 Å². The van der Waals surface area contributed by atoms with Gasteiger partial charge in [0, 0.05) is 0 Å². The molecule has 0 saturated heterocycles. The van der Waals surface area contributed by atoms with Gasteiger partial charge in [-0.25, -0.2) is 0 Å². The molecule has 0 spiro atoms. The average molecular weight is 261 g/mol. The van der Waals surface area contributed by atoms with Crippen LogP contribution in [0.3, 0.4) is 0 Å². The van der Waals surface area contributed by atoms with Crippen LogP contribution in [0.5, 0.6) is 0 Å². The summed E-state index contributed by atoms with van der Waals surface area (Å²) in [6, 6.07) is -0.735. The van der Waals surface area contributed by atoms with Gasteiger partial charge in [-0.1, -0.05) is 0 Å². The first-order valence-electron chi connectivity index (χ1n) is 5.30. The minimum atomic E-state index is -0.735. The van der Waals surface area contributed by atoms with Gasteiger partial charge >= 0.3 is 100 Å². The zero-order valence-electron chi connectivity index (χ0n) is 9.89. The van der Waals surface area contributed by atoms with Crippen LogP contribution < -0.4 is 5.32 Å². The fraction of sp³-hybridized carbons (Fsp3) is 0.700. The number of nitrogens with one attached hydrogen (secondary N) is 1. The summed E-state index contributed by atoms with van der Waals surface area (Å²) in [4.78, 5) is 22.6. The van der Waals surface area contributed by atoms with Crippen molar-refractivity contribution >= 4 is 19.9 Å². The van der Waals surface area contributed by atoms with Crippen LogP contribution in [0, 0.1) is 5.75 Å². The molecule has 0 bridgehead atoms. The van der Waals surface area contributed by atoms with Crippen molar-refractivity contribution in [3.63, 3.8) is 0 Å². The zero-order valence-corrected chi connectivity index (χ0v) is 10.8. The first-order valence-corrected chi connectivity index (χ1v) is 6.12. The second kappa shape index (κ2) is 10.1. The van der Waals surface area contributed by atoms with Crippen molar-refractivity contribution in [2.24, 2.45) is 0 Å². The minimum absolute atomic E-state index is 0.0851. The summed E-state index contributed by atoms with van der Waals surface area (Å²) < 4.78 is 19.7. The van der Waals surface area contributed by atoms with Gasteiger partial charge in [-0.05, 0) is 0 Å². The SMILES string of the molecule is CCOC(=O)CC[C@H](NC#P=O)C(=O)OCC. The van der Waals surface area contributed by atoms with Crippen molar-refractivity contribution < 1.29 is 23.6 Å². The van der Waals surface area contributed by atoms with Crippen molar-refractivity contribution in [3.05, 3.63) is 0 Å². The van der Waals surface area contributed by atoms with E-state index in [1.165, 1.54) is 0 Å². The van der Waals surface area contributed by atoms with E-state index in [2.05, 4.69) is 11.1 Å². The Morgan fingerprint density at radius 1 is 1.29 bits per heavy atom. The molecule has 0 saturated carbocycles. The number of esters is 2. The number of ether oxygens (including phenoxy) is 2. The van der Waals surface area contributed by atoms with Gasteiger partial charge in [0.1, 0.15) is 0 Å². The molecule has 0 rings (SSSR count). The fourth-order valence-electron chi connectivity index (χ4n) is 1.09. The Hall–Kier alpha value is -1.09. The molecule has 1 atom stereocenters. The molecule has 0 aliphatic heterocycles. The molecule has 0 aromatic rings. The number of hydrogen-bond acceptors (Lipinski definition) is 6. The Morgan fingerprint density at radius 3 is 2.47 bits per heavy atom. The molecule has 1 N–H and O–H groups in total. The molecule has 0 fully saturated rings. The van der Waals surface area contributed by atoms with E-state index in [0.717, 1.165) is 0 Å². The quantitative estimate of drug-likeness (QED) is 0.419. The number of rotatable bonds is 7. The van der Waals surface area contributed by atoms with Gasteiger partial charge < -0.3 is 0 Å². The molecule has 0 aromatic carbocycles. The molecule has 17 heavy (non-hydrogen) atoms. The Kier molecular flexibility index (Phi) is 9.44. The summed E-state index contributed by atoms with van der Waals surface area (Å²) in [6.07, 6.45) is 0.294. The van der Waals surface area contributed by atoms with Crippen molar-refractivity contribution in [3.8, 4) is 5.75 Å². The van der Waals surface area contributed by atoms with E-state index in [1.807, 2.05) is 0 Å². The average Bonchev–Trinajstić information content (AvgIpc) is 2.29. The topological polar surface area (TPSA) is 81.7 Å². The van der Waals surface area contributed by atoms with E-state index < -0.39 is 12.0 Å². The van der Waals surface area contributed by atoms with E-state index in [0.29, 0.717) is 6.61 Å². The number of hydrogen-bond donors (Lipinski definition) is 1. The normalized spacial score (nSPS) is 11.2. The molecule has 0 aliphatic rings.